The van der Waals surface area contributed by atoms with Gasteiger partial charge in [-0.2, -0.15) is 0 Å². The molecular formula is C21H30O. The second-order valence-corrected chi connectivity index (χ2v) is 7.27. The maximum absolute atomic E-state index is 5.59. The number of ether oxygens (including phenoxy) is 1. The molecule has 2 aliphatic rings. The second-order valence-electron chi connectivity index (χ2n) is 7.27. The Labute approximate surface area is 135 Å². The van der Waals surface area contributed by atoms with Crippen LogP contribution in [0.15, 0.2) is 36.9 Å². The van der Waals surface area contributed by atoms with Crippen molar-refractivity contribution >= 4 is 0 Å². The summed E-state index contributed by atoms with van der Waals surface area (Å²) in [6, 6.07) is 9.41. The van der Waals surface area contributed by atoms with E-state index in [9.17, 15) is 0 Å². The van der Waals surface area contributed by atoms with Crippen LogP contribution in [0.5, 0.6) is 0 Å². The first kappa shape index (κ1) is 15.8. The summed E-state index contributed by atoms with van der Waals surface area (Å²) >= 11 is 0. The summed E-state index contributed by atoms with van der Waals surface area (Å²) < 4.78 is 5.59. The largest absolute Gasteiger partial charge is 0.381 e. The SMILES string of the molecule is C=CCCc1ccc(C2CCC3CC(OC)CCC3C2)cc1. The number of hydrogen-bond acceptors (Lipinski definition) is 1. The van der Waals surface area contributed by atoms with Crippen molar-refractivity contribution < 1.29 is 4.74 Å². The molecule has 1 heteroatoms. The molecule has 0 N–H and O–H groups in total. The van der Waals surface area contributed by atoms with Gasteiger partial charge in [0, 0.05) is 7.11 Å². The van der Waals surface area contributed by atoms with E-state index in [0.717, 1.165) is 30.6 Å². The minimum absolute atomic E-state index is 0.530. The summed E-state index contributed by atoms with van der Waals surface area (Å²) in [6.45, 7) is 3.81. The Balaban J connectivity index is 1.59. The molecule has 0 aromatic heterocycles. The number of hydrogen-bond donors (Lipinski definition) is 0. The zero-order chi connectivity index (χ0) is 15.4. The van der Waals surface area contributed by atoms with Crippen LogP contribution >= 0.6 is 0 Å². The van der Waals surface area contributed by atoms with Gasteiger partial charge in [-0.15, -0.1) is 6.58 Å². The van der Waals surface area contributed by atoms with Gasteiger partial charge in [-0.3, -0.25) is 0 Å². The summed E-state index contributed by atoms with van der Waals surface area (Å²) in [5.74, 6) is 2.64. The third-order valence-electron chi connectivity index (χ3n) is 5.99. The molecule has 1 aromatic carbocycles. The van der Waals surface area contributed by atoms with E-state index >= 15 is 0 Å². The lowest BCUT2D eigenvalue weighted by molar-refractivity contribution is 0.0123. The summed E-state index contributed by atoms with van der Waals surface area (Å²) in [7, 11) is 1.88. The molecule has 3 rings (SSSR count). The van der Waals surface area contributed by atoms with Crippen LogP contribution in [0.3, 0.4) is 0 Å². The van der Waals surface area contributed by atoms with Crippen molar-refractivity contribution in [2.75, 3.05) is 7.11 Å². The molecule has 120 valence electrons. The predicted octanol–water partition coefficient (Wildman–Crippen LogP) is 5.50. The van der Waals surface area contributed by atoms with Crippen LogP contribution in [0.4, 0.5) is 0 Å². The van der Waals surface area contributed by atoms with Crippen molar-refractivity contribution in [3.05, 3.63) is 48.0 Å². The van der Waals surface area contributed by atoms with Crippen molar-refractivity contribution in [1.82, 2.24) is 0 Å². The van der Waals surface area contributed by atoms with Crippen LogP contribution in [0.1, 0.15) is 62.0 Å². The van der Waals surface area contributed by atoms with Gasteiger partial charge >= 0.3 is 0 Å². The van der Waals surface area contributed by atoms with E-state index in [1.807, 2.05) is 13.2 Å². The number of fused-ring (bicyclic) bond motifs is 1. The topological polar surface area (TPSA) is 9.23 Å². The molecule has 0 saturated heterocycles. The van der Waals surface area contributed by atoms with Crippen molar-refractivity contribution in [1.29, 1.82) is 0 Å². The number of aryl methyl sites for hydroxylation is 1. The molecule has 0 heterocycles. The van der Waals surface area contributed by atoms with Crippen molar-refractivity contribution in [3.8, 4) is 0 Å². The first-order valence-electron chi connectivity index (χ1n) is 9.02. The van der Waals surface area contributed by atoms with E-state index in [2.05, 4.69) is 30.8 Å². The molecule has 0 spiro atoms. The van der Waals surface area contributed by atoms with Crippen molar-refractivity contribution in [2.45, 2.75) is 63.4 Å². The highest BCUT2D eigenvalue weighted by molar-refractivity contribution is 5.26. The lowest BCUT2D eigenvalue weighted by Crippen LogP contribution is -2.33. The third-order valence-corrected chi connectivity index (χ3v) is 5.99. The van der Waals surface area contributed by atoms with E-state index < -0.39 is 0 Å². The van der Waals surface area contributed by atoms with Crippen LogP contribution in [0, 0.1) is 11.8 Å². The fourth-order valence-electron chi connectivity index (χ4n) is 4.59. The van der Waals surface area contributed by atoms with E-state index in [-0.39, 0.29) is 0 Å². The minimum atomic E-state index is 0.530. The highest BCUT2D eigenvalue weighted by Crippen LogP contribution is 2.46. The number of rotatable bonds is 5. The maximum atomic E-state index is 5.59. The quantitative estimate of drug-likeness (QED) is 0.652. The molecule has 1 aromatic rings. The lowest BCUT2D eigenvalue weighted by atomic mass is 9.65. The van der Waals surface area contributed by atoms with Crippen LogP contribution in [-0.4, -0.2) is 13.2 Å². The van der Waals surface area contributed by atoms with Crippen LogP contribution in [-0.2, 0) is 11.2 Å². The van der Waals surface area contributed by atoms with Gasteiger partial charge in [0.2, 0.25) is 0 Å². The number of benzene rings is 1. The highest BCUT2D eigenvalue weighted by Gasteiger charge is 2.35. The Morgan fingerprint density at radius 2 is 1.77 bits per heavy atom. The zero-order valence-electron chi connectivity index (χ0n) is 14.0. The van der Waals surface area contributed by atoms with E-state index in [1.54, 1.807) is 5.56 Å². The van der Waals surface area contributed by atoms with Gasteiger partial charge in [0.15, 0.2) is 0 Å². The van der Waals surface area contributed by atoms with E-state index in [4.69, 9.17) is 4.74 Å². The normalized spacial score (nSPS) is 31.5. The molecule has 22 heavy (non-hydrogen) atoms. The van der Waals surface area contributed by atoms with Crippen LogP contribution in [0.2, 0.25) is 0 Å². The van der Waals surface area contributed by atoms with Gasteiger partial charge in [0.05, 0.1) is 6.10 Å². The molecule has 4 unspecified atom stereocenters. The Bertz CT molecular complexity index is 475. The summed E-state index contributed by atoms with van der Waals surface area (Å²) in [6.07, 6.45) is 12.8. The van der Waals surface area contributed by atoms with Gasteiger partial charge in [-0.05, 0) is 80.2 Å². The molecule has 1 nitrogen and oxygen atoms in total. The van der Waals surface area contributed by atoms with E-state index in [0.29, 0.717) is 6.10 Å². The molecule has 2 saturated carbocycles. The fourth-order valence-corrected chi connectivity index (χ4v) is 4.59. The molecule has 0 bridgehead atoms. The molecule has 0 aliphatic heterocycles. The van der Waals surface area contributed by atoms with Gasteiger partial charge in [0.25, 0.3) is 0 Å². The Hall–Kier alpha value is -1.08. The number of methoxy groups -OCH3 is 1. The zero-order valence-corrected chi connectivity index (χ0v) is 14.0. The number of allylic oxidation sites excluding steroid dienone is 1. The van der Waals surface area contributed by atoms with Crippen LogP contribution < -0.4 is 0 Å². The standard InChI is InChI=1S/C21H30O/c1-3-4-5-16-6-8-17(9-7-16)18-10-11-20-15-21(22-2)13-12-19(20)14-18/h3,6-9,18-21H,1,4-5,10-15H2,2H3. The summed E-state index contributed by atoms with van der Waals surface area (Å²) in [5.41, 5.74) is 3.01. The first-order valence-corrected chi connectivity index (χ1v) is 9.02. The smallest absolute Gasteiger partial charge is 0.0574 e. The van der Waals surface area contributed by atoms with Crippen molar-refractivity contribution in [3.63, 3.8) is 0 Å². The molecule has 2 fully saturated rings. The Morgan fingerprint density at radius 1 is 1.05 bits per heavy atom. The average Bonchev–Trinajstić information content (AvgIpc) is 2.59. The Morgan fingerprint density at radius 3 is 2.50 bits per heavy atom. The highest BCUT2D eigenvalue weighted by atomic mass is 16.5. The monoisotopic (exact) mass is 298 g/mol. The molecule has 0 radical (unpaired) electrons. The average molecular weight is 298 g/mol. The molecule has 4 atom stereocenters. The lowest BCUT2D eigenvalue weighted by Gasteiger charge is -2.42. The van der Waals surface area contributed by atoms with E-state index in [1.165, 1.54) is 44.1 Å². The van der Waals surface area contributed by atoms with Gasteiger partial charge in [-0.25, -0.2) is 0 Å². The summed E-state index contributed by atoms with van der Waals surface area (Å²) in [5, 5.41) is 0. The summed E-state index contributed by atoms with van der Waals surface area (Å²) in [4.78, 5) is 0. The maximum Gasteiger partial charge on any atom is 0.0574 e. The fraction of sp³-hybridized carbons (Fsp3) is 0.619. The van der Waals surface area contributed by atoms with Gasteiger partial charge < -0.3 is 4.74 Å². The molecular weight excluding hydrogens is 268 g/mol. The predicted molar refractivity (Wildman–Crippen MR) is 93.2 cm³/mol. The van der Waals surface area contributed by atoms with Gasteiger partial charge in [-0.1, -0.05) is 30.3 Å². The van der Waals surface area contributed by atoms with Crippen LogP contribution in [0.25, 0.3) is 0 Å². The van der Waals surface area contributed by atoms with Crippen molar-refractivity contribution in [2.24, 2.45) is 11.8 Å². The molecule has 2 aliphatic carbocycles. The first-order chi connectivity index (χ1) is 10.8. The Kier molecular flexibility index (Phi) is 5.36. The molecule has 0 amide bonds. The third kappa shape index (κ3) is 3.63. The van der Waals surface area contributed by atoms with Gasteiger partial charge in [0.1, 0.15) is 0 Å². The second kappa shape index (κ2) is 7.46. The minimum Gasteiger partial charge on any atom is -0.381 e.